The maximum Gasteiger partial charge on any atom is 0.459 e. The van der Waals surface area contributed by atoms with Gasteiger partial charge in [-0.15, -0.1) is 0 Å². The van der Waals surface area contributed by atoms with Crippen molar-refractivity contribution in [1.82, 2.24) is 24.6 Å². The fourth-order valence-corrected chi connectivity index (χ4v) is 6.78. The number of aromatic nitrogens is 4. The number of para-hydroxylation sites is 1. The van der Waals surface area contributed by atoms with Crippen LogP contribution in [0.3, 0.4) is 0 Å². The van der Waals surface area contributed by atoms with E-state index >= 15 is 4.39 Å². The summed E-state index contributed by atoms with van der Waals surface area (Å²) in [4.78, 5) is 25.2. The average Bonchev–Trinajstić information content (AvgIpc) is 3.23. The summed E-state index contributed by atoms with van der Waals surface area (Å²) < 4.78 is 60.4. The molecule has 2 unspecified atom stereocenters. The van der Waals surface area contributed by atoms with E-state index in [2.05, 4.69) is 20.0 Å². The number of hydrogen-bond donors (Lipinski definition) is 2. The first-order valence-corrected chi connectivity index (χ1v) is 15.4. The quantitative estimate of drug-likeness (QED) is 0.226. The molecule has 3 heterocycles. The highest BCUT2D eigenvalue weighted by Gasteiger charge is 2.69. The van der Waals surface area contributed by atoms with Crippen molar-refractivity contribution in [2.45, 2.75) is 89.6 Å². The summed E-state index contributed by atoms with van der Waals surface area (Å²) >= 11 is 0. The van der Waals surface area contributed by atoms with Crippen molar-refractivity contribution >= 4 is 30.8 Å². The van der Waals surface area contributed by atoms with Crippen molar-refractivity contribution in [2.24, 2.45) is 0 Å². The van der Waals surface area contributed by atoms with E-state index in [4.69, 9.17) is 29.0 Å². The Kier molecular flexibility index (Phi) is 8.18. The number of nitrogen functional groups attached to an aromatic ring is 1. The Morgan fingerprint density at radius 2 is 2.02 bits per heavy atom. The van der Waals surface area contributed by atoms with Crippen LogP contribution in [-0.2, 0) is 29.9 Å². The van der Waals surface area contributed by atoms with Gasteiger partial charge in [0.25, 0.3) is 0 Å². The standard InChI is InChI=1S/C27H36FN6O7P/c1-6-37-23-21-22(31-25(29)32-23)34(15-30-21)13-20-26(5,28)14-27(39-20)12-19(27)41-42(36,40-18-10-8-7-9-11-18)33-17(4)24(35)38-16(2)3/h7-11,15-17,19-20H,6,12-14H2,1-5H3,(H,33,36)(H2,29,31,32)/t17-,19+,20?,26-,27?,42-/m1/s1. The molecule has 1 saturated carbocycles. The van der Waals surface area contributed by atoms with Gasteiger partial charge in [0.05, 0.1) is 25.6 Å². The highest BCUT2D eigenvalue weighted by molar-refractivity contribution is 7.52. The van der Waals surface area contributed by atoms with Crippen molar-refractivity contribution in [2.75, 3.05) is 12.3 Å². The van der Waals surface area contributed by atoms with Gasteiger partial charge in [-0.3, -0.25) is 9.32 Å². The zero-order chi connectivity index (χ0) is 30.3. The lowest BCUT2D eigenvalue weighted by atomic mass is 9.97. The first-order valence-electron chi connectivity index (χ1n) is 13.8. The summed E-state index contributed by atoms with van der Waals surface area (Å²) in [5.41, 5.74) is 3.87. The Balaban J connectivity index is 1.33. The number of imidazole rings is 1. The zero-order valence-corrected chi connectivity index (χ0v) is 25.0. The zero-order valence-electron chi connectivity index (χ0n) is 24.2. The molecule has 6 atom stereocenters. The second-order valence-electron chi connectivity index (χ2n) is 11.1. The third kappa shape index (κ3) is 6.36. The van der Waals surface area contributed by atoms with Crippen LogP contribution in [0.1, 0.15) is 47.5 Å². The fraction of sp³-hybridized carbons (Fsp3) is 0.556. The van der Waals surface area contributed by atoms with Gasteiger partial charge < -0.3 is 29.0 Å². The largest absolute Gasteiger partial charge is 0.476 e. The van der Waals surface area contributed by atoms with Crippen LogP contribution in [0, 0.1) is 0 Å². The van der Waals surface area contributed by atoms with Gasteiger partial charge in [-0.05, 0) is 46.8 Å². The number of alkyl halides is 1. The number of nitrogens with two attached hydrogens (primary N) is 1. The molecular formula is C27H36FN6O7P. The second-order valence-corrected chi connectivity index (χ2v) is 12.7. The predicted octanol–water partition coefficient (Wildman–Crippen LogP) is 3.97. The number of ether oxygens (including phenoxy) is 3. The molecule has 0 bridgehead atoms. The molecule has 13 nitrogen and oxygen atoms in total. The minimum Gasteiger partial charge on any atom is -0.476 e. The summed E-state index contributed by atoms with van der Waals surface area (Å²) in [7, 11) is -4.15. The maximum absolute atomic E-state index is 16.0. The number of carbonyl (C=O) groups excluding carboxylic acids is 1. The molecule has 0 radical (unpaired) electrons. The van der Waals surface area contributed by atoms with Crippen LogP contribution in [0.15, 0.2) is 36.7 Å². The molecular weight excluding hydrogens is 570 g/mol. The number of rotatable bonds is 12. The Morgan fingerprint density at radius 3 is 2.71 bits per heavy atom. The van der Waals surface area contributed by atoms with Gasteiger partial charge in [0.15, 0.2) is 11.2 Å². The Hall–Kier alpha value is -3.32. The van der Waals surface area contributed by atoms with Gasteiger partial charge in [-0.2, -0.15) is 15.1 Å². The molecule has 2 fully saturated rings. The van der Waals surface area contributed by atoms with Crippen LogP contribution in [0.2, 0.25) is 0 Å². The molecule has 2 aliphatic rings. The summed E-state index contributed by atoms with van der Waals surface area (Å²) in [6.45, 7) is 8.63. The van der Waals surface area contributed by atoms with Gasteiger partial charge in [-0.1, -0.05) is 18.2 Å². The minimum absolute atomic E-state index is 0.000433. The van der Waals surface area contributed by atoms with Crippen molar-refractivity contribution in [1.29, 1.82) is 0 Å². The maximum atomic E-state index is 16.0. The second kappa shape index (κ2) is 11.4. The number of hydrogen-bond acceptors (Lipinski definition) is 11. The van der Waals surface area contributed by atoms with E-state index in [-0.39, 0.29) is 43.1 Å². The number of anilines is 1. The van der Waals surface area contributed by atoms with Crippen LogP contribution in [-0.4, -0.2) is 67.7 Å². The Morgan fingerprint density at radius 1 is 1.29 bits per heavy atom. The molecule has 0 amide bonds. The van der Waals surface area contributed by atoms with Crippen molar-refractivity contribution < 1.29 is 37.0 Å². The fourth-order valence-electron chi connectivity index (χ4n) is 5.05. The monoisotopic (exact) mass is 606 g/mol. The SMILES string of the molecule is CCOc1nc(N)nc2c1ncn2CC1OC2(C[C@@H]2O[P@@](=O)(N[C@H](C)C(=O)OC(C)C)Oc2ccccc2)C[C@@]1(C)F. The van der Waals surface area contributed by atoms with Crippen molar-refractivity contribution in [3.8, 4) is 11.6 Å². The number of esters is 1. The Bertz CT molecular complexity index is 1490. The van der Waals surface area contributed by atoms with Gasteiger partial charge in [-0.25, -0.2) is 13.9 Å². The van der Waals surface area contributed by atoms with E-state index in [1.54, 1.807) is 48.7 Å². The number of benzene rings is 1. The third-order valence-corrected chi connectivity index (χ3v) is 8.72. The highest BCUT2D eigenvalue weighted by Crippen LogP contribution is 2.61. The lowest BCUT2D eigenvalue weighted by molar-refractivity contribution is -0.149. The van der Waals surface area contributed by atoms with Gasteiger partial charge >= 0.3 is 13.7 Å². The molecule has 1 saturated heterocycles. The molecule has 228 valence electrons. The summed E-state index contributed by atoms with van der Waals surface area (Å²) in [5, 5.41) is 2.67. The molecule has 1 aliphatic carbocycles. The molecule has 1 spiro atoms. The van der Waals surface area contributed by atoms with Gasteiger partial charge in [0, 0.05) is 12.8 Å². The molecule has 1 aromatic carbocycles. The lowest BCUT2D eigenvalue weighted by Crippen LogP contribution is -2.36. The van der Waals surface area contributed by atoms with Crippen LogP contribution in [0.25, 0.3) is 11.2 Å². The van der Waals surface area contributed by atoms with Crippen LogP contribution in [0.4, 0.5) is 10.3 Å². The first-order chi connectivity index (χ1) is 19.8. The lowest BCUT2D eigenvalue weighted by Gasteiger charge is -2.24. The van der Waals surface area contributed by atoms with Crippen LogP contribution < -0.4 is 20.1 Å². The average molecular weight is 607 g/mol. The molecule has 3 N–H and O–H groups in total. The predicted molar refractivity (Wildman–Crippen MR) is 151 cm³/mol. The minimum atomic E-state index is -4.15. The number of fused-ring (bicyclic) bond motifs is 1. The normalized spacial score (nSPS) is 27.2. The summed E-state index contributed by atoms with van der Waals surface area (Å²) in [6.07, 6.45) is -0.231. The first kappa shape index (κ1) is 30.1. The number of nitrogens with one attached hydrogen (secondary N) is 1. The van der Waals surface area contributed by atoms with Crippen LogP contribution >= 0.6 is 7.75 Å². The van der Waals surface area contributed by atoms with E-state index in [1.165, 1.54) is 20.2 Å². The molecule has 15 heteroatoms. The van der Waals surface area contributed by atoms with E-state index in [1.807, 2.05) is 6.92 Å². The molecule has 1 aliphatic heterocycles. The molecule has 3 aromatic rings. The topological polar surface area (TPSA) is 162 Å². The molecule has 2 aromatic heterocycles. The number of nitrogens with zero attached hydrogens (tertiary/aromatic N) is 4. The molecule has 42 heavy (non-hydrogen) atoms. The number of carbonyl (C=O) groups is 1. The van der Waals surface area contributed by atoms with E-state index < -0.39 is 43.2 Å². The number of halogens is 1. The van der Waals surface area contributed by atoms with Crippen molar-refractivity contribution in [3.05, 3.63) is 36.7 Å². The molecule has 5 rings (SSSR count). The Labute approximate surface area is 242 Å². The van der Waals surface area contributed by atoms with Crippen LogP contribution in [0.5, 0.6) is 11.6 Å². The third-order valence-electron chi connectivity index (χ3n) is 7.04. The van der Waals surface area contributed by atoms with E-state index in [9.17, 15) is 9.36 Å². The smallest absolute Gasteiger partial charge is 0.459 e. The summed E-state index contributed by atoms with van der Waals surface area (Å²) in [6, 6.07) is 7.42. The summed E-state index contributed by atoms with van der Waals surface area (Å²) in [5.74, 6) is -0.0977. The van der Waals surface area contributed by atoms with Crippen molar-refractivity contribution in [3.63, 3.8) is 0 Å². The van der Waals surface area contributed by atoms with E-state index in [0.29, 0.717) is 17.8 Å². The van der Waals surface area contributed by atoms with E-state index in [0.717, 1.165) is 0 Å². The van der Waals surface area contributed by atoms with Gasteiger partial charge in [0.1, 0.15) is 35.3 Å². The van der Waals surface area contributed by atoms with Gasteiger partial charge in [0.2, 0.25) is 11.8 Å². The highest BCUT2D eigenvalue weighted by atomic mass is 31.2.